The number of carbonyl (C=O) groups is 1. The van der Waals surface area contributed by atoms with Crippen molar-refractivity contribution in [3.8, 4) is 0 Å². The van der Waals surface area contributed by atoms with Gasteiger partial charge in [-0.3, -0.25) is 14.2 Å². The van der Waals surface area contributed by atoms with Gasteiger partial charge in [0.05, 0.1) is 5.39 Å². The number of aryl methyl sites for hydroxylation is 2. The maximum Gasteiger partial charge on any atom is 0.262 e. The molecule has 0 spiro atoms. The minimum atomic E-state index is -0.0119. The largest absolute Gasteiger partial charge is 0.345 e. The van der Waals surface area contributed by atoms with E-state index in [9.17, 15) is 9.59 Å². The number of rotatable bonds is 4. The molecule has 0 aliphatic heterocycles. The highest BCUT2D eigenvalue weighted by molar-refractivity contribution is 7.98. The fourth-order valence-electron chi connectivity index (χ4n) is 2.63. The van der Waals surface area contributed by atoms with Crippen LogP contribution >= 0.6 is 23.1 Å². The summed E-state index contributed by atoms with van der Waals surface area (Å²) in [5, 5.41) is 1.43. The Morgan fingerprint density at radius 3 is 2.50 bits per heavy atom. The summed E-state index contributed by atoms with van der Waals surface area (Å²) in [5.74, 6) is 0.674. The van der Waals surface area contributed by atoms with Crippen molar-refractivity contribution >= 4 is 39.2 Å². The van der Waals surface area contributed by atoms with Crippen molar-refractivity contribution in [2.45, 2.75) is 24.8 Å². The lowest BCUT2D eigenvalue weighted by molar-refractivity contribution is 0.0827. The van der Waals surface area contributed by atoms with Crippen molar-refractivity contribution in [3.63, 3.8) is 0 Å². The van der Waals surface area contributed by atoms with E-state index in [1.165, 1.54) is 11.8 Å². The summed E-state index contributed by atoms with van der Waals surface area (Å²) in [4.78, 5) is 32.8. The highest BCUT2D eigenvalue weighted by Crippen LogP contribution is 2.29. The van der Waals surface area contributed by atoms with Crippen molar-refractivity contribution in [2.24, 2.45) is 7.05 Å². The van der Waals surface area contributed by atoms with Gasteiger partial charge in [-0.05, 0) is 37.1 Å². The molecule has 0 aliphatic carbocycles. The van der Waals surface area contributed by atoms with Crippen molar-refractivity contribution in [2.75, 3.05) is 14.1 Å². The highest BCUT2D eigenvalue weighted by Gasteiger charge is 2.15. The van der Waals surface area contributed by atoms with E-state index >= 15 is 0 Å². The van der Waals surface area contributed by atoms with Gasteiger partial charge in [0.25, 0.3) is 11.5 Å². The molecule has 5 nitrogen and oxygen atoms in total. The second-order valence-electron chi connectivity index (χ2n) is 6.41. The Morgan fingerprint density at radius 2 is 1.88 bits per heavy atom. The average Bonchev–Trinajstić information content (AvgIpc) is 2.90. The molecule has 1 amide bonds. The van der Waals surface area contributed by atoms with E-state index in [2.05, 4.69) is 4.98 Å². The monoisotopic (exact) mass is 387 g/mol. The quantitative estimate of drug-likeness (QED) is 0.507. The van der Waals surface area contributed by atoms with E-state index in [1.807, 2.05) is 38.1 Å². The first-order valence-corrected chi connectivity index (χ1v) is 10.00. The topological polar surface area (TPSA) is 55.2 Å². The molecule has 0 unspecified atom stereocenters. The van der Waals surface area contributed by atoms with Gasteiger partial charge in [0, 0.05) is 37.3 Å². The van der Waals surface area contributed by atoms with Gasteiger partial charge in [-0.15, -0.1) is 11.3 Å². The number of nitrogens with zero attached hydrogens (tertiary/aromatic N) is 3. The Labute approximate surface area is 160 Å². The van der Waals surface area contributed by atoms with Crippen LogP contribution in [0.25, 0.3) is 10.2 Å². The highest BCUT2D eigenvalue weighted by atomic mass is 32.2. The third-order valence-electron chi connectivity index (χ3n) is 4.34. The molecule has 7 heteroatoms. The van der Waals surface area contributed by atoms with Crippen LogP contribution in [0.3, 0.4) is 0 Å². The van der Waals surface area contributed by atoms with Crippen molar-refractivity contribution in [1.29, 1.82) is 0 Å². The summed E-state index contributed by atoms with van der Waals surface area (Å²) < 4.78 is 1.62. The number of fused-ring (bicyclic) bond motifs is 1. The molecule has 3 aromatic rings. The molecule has 0 bridgehead atoms. The molecule has 2 aromatic heterocycles. The van der Waals surface area contributed by atoms with Crippen LogP contribution in [0.15, 0.2) is 34.2 Å². The zero-order valence-electron chi connectivity index (χ0n) is 15.5. The van der Waals surface area contributed by atoms with Crippen LogP contribution < -0.4 is 5.56 Å². The fourth-order valence-corrected chi connectivity index (χ4v) is 4.63. The van der Waals surface area contributed by atoms with Crippen LogP contribution in [0.4, 0.5) is 0 Å². The van der Waals surface area contributed by atoms with Gasteiger partial charge in [0.2, 0.25) is 0 Å². The Bertz CT molecular complexity index is 1030. The van der Waals surface area contributed by atoms with Crippen LogP contribution in [0.1, 0.15) is 26.4 Å². The minimum absolute atomic E-state index is 0.00581. The number of amides is 1. The molecule has 26 heavy (non-hydrogen) atoms. The first-order chi connectivity index (χ1) is 12.3. The second kappa shape index (κ2) is 7.25. The molecule has 0 saturated carbocycles. The normalized spacial score (nSPS) is 11.1. The van der Waals surface area contributed by atoms with Gasteiger partial charge in [0.15, 0.2) is 5.16 Å². The Balaban J connectivity index is 1.83. The number of hydrogen-bond donors (Lipinski definition) is 0. The van der Waals surface area contributed by atoms with E-state index in [-0.39, 0.29) is 11.5 Å². The predicted octanol–water partition coefficient (Wildman–Crippen LogP) is 3.61. The number of carbonyl (C=O) groups excluding carboxylic acids is 1. The van der Waals surface area contributed by atoms with Crippen LogP contribution in [0, 0.1) is 13.8 Å². The SMILES string of the molecule is Cc1sc2nc(SCc3ccc(C(=O)N(C)C)cc3)n(C)c(=O)c2c1C. The van der Waals surface area contributed by atoms with E-state index < -0.39 is 0 Å². The van der Waals surface area contributed by atoms with E-state index in [1.54, 1.807) is 41.9 Å². The fraction of sp³-hybridized carbons (Fsp3) is 0.316. The Morgan fingerprint density at radius 1 is 1.23 bits per heavy atom. The molecule has 0 N–H and O–H groups in total. The molecule has 0 aliphatic rings. The van der Waals surface area contributed by atoms with Gasteiger partial charge < -0.3 is 4.90 Å². The van der Waals surface area contributed by atoms with Crippen molar-refractivity contribution in [1.82, 2.24) is 14.5 Å². The Hall–Kier alpha value is -2.12. The van der Waals surface area contributed by atoms with Crippen LogP contribution in [0.2, 0.25) is 0 Å². The summed E-state index contributed by atoms with van der Waals surface area (Å²) in [6, 6.07) is 7.55. The summed E-state index contributed by atoms with van der Waals surface area (Å²) >= 11 is 3.09. The maximum absolute atomic E-state index is 12.7. The number of thiophene rings is 1. The Kier molecular flexibility index (Phi) is 5.20. The zero-order chi connectivity index (χ0) is 19.0. The maximum atomic E-state index is 12.7. The minimum Gasteiger partial charge on any atom is -0.345 e. The molecular weight excluding hydrogens is 366 g/mol. The molecule has 2 heterocycles. The van der Waals surface area contributed by atoms with E-state index in [0.29, 0.717) is 16.5 Å². The van der Waals surface area contributed by atoms with Gasteiger partial charge >= 0.3 is 0 Å². The first kappa shape index (κ1) is 18.7. The zero-order valence-corrected chi connectivity index (χ0v) is 17.1. The van der Waals surface area contributed by atoms with E-state index in [4.69, 9.17) is 0 Å². The smallest absolute Gasteiger partial charge is 0.262 e. The average molecular weight is 388 g/mol. The third kappa shape index (κ3) is 3.41. The molecule has 136 valence electrons. The lowest BCUT2D eigenvalue weighted by Crippen LogP contribution is -2.21. The standard InChI is InChI=1S/C19H21N3O2S2/c1-11-12(2)26-16-15(11)18(24)22(5)19(20-16)25-10-13-6-8-14(9-7-13)17(23)21(3)4/h6-9H,10H2,1-5H3. The number of hydrogen-bond acceptors (Lipinski definition) is 5. The summed E-state index contributed by atoms with van der Waals surface area (Å²) in [5.41, 5.74) is 2.78. The molecular formula is C19H21N3O2S2. The van der Waals surface area contributed by atoms with Crippen molar-refractivity contribution in [3.05, 3.63) is 56.2 Å². The molecule has 0 atom stereocenters. The number of aromatic nitrogens is 2. The van der Waals surface area contributed by atoms with Crippen LogP contribution in [0.5, 0.6) is 0 Å². The summed E-state index contributed by atoms with van der Waals surface area (Å²) in [6.07, 6.45) is 0. The summed E-state index contributed by atoms with van der Waals surface area (Å²) in [7, 11) is 5.24. The van der Waals surface area contributed by atoms with Gasteiger partial charge in [0.1, 0.15) is 4.83 Å². The lowest BCUT2D eigenvalue weighted by atomic mass is 10.1. The number of thioether (sulfide) groups is 1. The molecule has 0 radical (unpaired) electrons. The predicted molar refractivity (Wildman–Crippen MR) is 108 cm³/mol. The second-order valence-corrected chi connectivity index (χ2v) is 8.55. The third-order valence-corrected chi connectivity index (χ3v) is 6.55. The lowest BCUT2D eigenvalue weighted by Gasteiger charge is -2.11. The van der Waals surface area contributed by atoms with Crippen molar-refractivity contribution < 1.29 is 4.79 Å². The van der Waals surface area contributed by atoms with Gasteiger partial charge in [-0.2, -0.15) is 0 Å². The number of benzene rings is 1. The van der Waals surface area contributed by atoms with E-state index in [0.717, 1.165) is 26.2 Å². The van der Waals surface area contributed by atoms with Gasteiger partial charge in [-0.25, -0.2) is 4.98 Å². The first-order valence-electron chi connectivity index (χ1n) is 8.19. The molecule has 1 aromatic carbocycles. The molecule has 0 fully saturated rings. The van der Waals surface area contributed by atoms with Crippen LogP contribution in [-0.4, -0.2) is 34.5 Å². The van der Waals surface area contributed by atoms with Gasteiger partial charge in [-0.1, -0.05) is 23.9 Å². The molecule has 0 saturated heterocycles. The summed E-state index contributed by atoms with van der Waals surface area (Å²) in [6.45, 7) is 3.99. The van der Waals surface area contributed by atoms with Crippen LogP contribution in [-0.2, 0) is 12.8 Å². The molecule has 3 rings (SSSR count).